The van der Waals surface area contributed by atoms with Crippen molar-refractivity contribution in [1.82, 2.24) is 0 Å². The highest BCUT2D eigenvalue weighted by Crippen LogP contribution is 2.09. The average Bonchev–Trinajstić information content (AvgIpc) is 2.03. The van der Waals surface area contributed by atoms with E-state index in [2.05, 4.69) is 0 Å². The van der Waals surface area contributed by atoms with E-state index in [0.717, 1.165) is 0 Å². The fourth-order valence-electron chi connectivity index (χ4n) is 1.02. The molecule has 0 amide bonds. The average molecular weight is 178 g/mol. The number of hydrogen-bond acceptors (Lipinski definition) is 4. The van der Waals surface area contributed by atoms with E-state index in [1.807, 2.05) is 0 Å². The van der Waals surface area contributed by atoms with Gasteiger partial charge < -0.3 is 19.8 Å². The third-order valence-electron chi connectivity index (χ3n) is 1.68. The summed E-state index contributed by atoms with van der Waals surface area (Å²) in [4.78, 5) is 20.8. The van der Waals surface area contributed by atoms with E-state index in [-0.39, 0.29) is 11.1 Å². The molecule has 0 saturated carbocycles. The molecule has 1 aromatic rings. The molecule has 68 valence electrons. The molecule has 0 bridgehead atoms. The fourth-order valence-corrected chi connectivity index (χ4v) is 1.02. The van der Waals surface area contributed by atoms with Crippen LogP contribution in [0.1, 0.15) is 26.3 Å². The van der Waals surface area contributed by atoms with Crippen molar-refractivity contribution in [3.05, 3.63) is 34.9 Å². The van der Waals surface area contributed by atoms with Crippen LogP contribution in [-0.2, 0) is 0 Å². The lowest BCUT2D eigenvalue weighted by atomic mass is 10.1. The lowest BCUT2D eigenvalue weighted by Gasteiger charge is -2.09. The number of hydrogen-bond donors (Lipinski definition) is 0. The molecular weight excluding hydrogens is 172 g/mol. The highest BCUT2D eigenvalue weighted by atomic mass is 16.4. The summed E-state index contributed by atoms with van der Waals surface area (Å²) in [6, 6.07) is 3.60. The molecule has 0 aliphatic carbocycles. The first kappa shape index (κ1) is 9.25. The van der Waals surface area contributed by atoms with Crippen molar-refractivity contribution in [3.8, 4) is 0 Å². The van der Waals surface area contributed by atoms with Gasteiger partial charge in [0.15, 0.2) is 0 Å². The Labute approximate surface area is 74.4 Å². The quantitative estimate of drug-likeness (QED) is 0.565. The van der Waals surface area contributed by atoms with Crippen LogP contribution >= 0.6 is 0 Å². The molecule has 0 aliphatic heterocycles. The second-order valence-corrected chi connectivity index (χ2v) is 2.60. The van der Waals surface area contributed by atoms with Gasteiger partial charge in [0.1, 0.15) is 0 Å². The molecule has 4 heteroatoms. The molecule has 0 fully saturated rings. The number of rotatable bonds is 2. The molecule has 1 aromatic carbocycles. The van der Waals surface area contributed by atoms with Crippen molar-refractivity contribution in [3.63, 3.8) is 0 Å². The molecule has 1 rings (SSSR count). The van der Waals surface area contributed by atoms with Crippen LogP contribution in [0.5, 0.6) is 0 Å². The van der Waals surface area contributed by atoms with Gasteiger partial charge in [-0.1, -0.05) is 12.1 Å². The van der Waals surface area contributed by atoms with Gasteiger partial charge in [0, 0.05) is 5.56 Å². The second kappa shape index (κ2) is 3.26. The van der Waals surface area contributed by atoms with Crippen molar-refractivity contribution >= 4 is 11.9 Å². The van der Waals surface area contributed by atoms with Gasteiger partial charge in [-0.05, 0) is 24.1 Å². The smallest absolute Gasteiger partial charge is 0.0717 e. The van der Waals surface area contributed by atoms with E-state index in [4.69, 9.17) is 0 Å². The molecule has 0 heterocycles. The molecule has 0 aliphatic rings. The predicted octanol–water partition coefficient (Wildman–Crippen LogP) is -1.28. The third-order valence-corrected chi connectivity index (χ3v) is 1.68. The number of carbonyl (C=O) groups excluding carboxylic acids is 2. The Morgan fingerprint density at radius 2 is 1.77 bits per heavy atom. The highest BCUT2D eigenvalue weighted by molar-refractivity contribution is 5.91. The molecule has 0 spiro atoms. The minimum atomic E-state index is -1.33. The first-order valence-electron chi connectivity index (χ1n) is 3.55. The van der Waals surface area contributed by atoms with E-state index >= 15 is 0 Å². The van der Waals surface area contributed by atoms with E-state index in [1.54, 1.807) is 0 Å². The van der Waals surface area contributed by atoms with Crippen LogP contribution in [0.25, 0.3) is 0 Å². The minimum absolute atomic E-state index is 0.00926. The van der Waals surface area contributed by atoms with Crippen LogP contribution in [0.4, 0.5) is 0 Å². The Morgan fingerprint density at radius 1 is 1.15 bits per heavy atom. The number of aromatic carboxylic acids is 2. The van der Waals surface area contributed by atoms with Crippen molar-refractivity contribution in [1.29, 1.82) is 0 Å². The van der Waals surface area contributed by atoms with Crippen LogP contribution < -0.4 is 10.2 Å². The summed E-state index contributed by atoms with van der Waals surface area (Å²) in [6.45, 7) is 1.50. The SMILES string of the molecule is Cc1cc(C(=O)[O-])ccc1C(=O)[O-]. The zero-order valence-corrected chi connectivity index (χ0v) is 6.87. The summed E-state index contributed by atoms with van der Waals surface area (Å²) in [7, 11) is 0. The lowest BCUT2D eigenvalue weighted by Crippen LogP contribution is -2.25. The molecule has 0 radical (unpaired) electrons. The molecule has 0 aromatic heterocycles. The maximum Gasteiger partial charge on any atom is 0.0717 e. The fraction of sp³-hybridized carbons (Fsp3) is 0.111. The molecule has 0 saturated heterocycles. The molecule has 4 nitrogen and oxygen atoms in total. The van der Waals surface area contributed by atoms with E-state index in [9.17, 15) is 19.8 Å². The van der Waals surface area contributed by atoms with E-state index < -0.39 is 11.9 Å². The number of aryl methyl sites for hydroxylation is 1. The zero-order chi connectivity index (χ0) is 10.0. The lowest BCUT2D eigenvalue weighted by molar-refractivity contribution is -0.256. The van der Waals surface area contributed by atoms with E-state index in [0.29, 0.717) is 5.56 Å². The van der Waals surface area contributed by atoms with Gasteiger partial charge >= 0.3 is 0 Å². The summed E-state index contributed by atoms with van der Waals surface area (Å²) in [5.74, 6) is -2.64. The Balaban J connectivity index is 3.20. The summed E-state index contributed by atoms with van der Waals surface area (Å²) in [6.07, 6.45) is 0. The molecule has 0 N–H and O–H groups in total. The van der Waals surface area contributed by atoms with Crippen LogP contribution in [0.15, 0.2) is 18.2 Å². The number of benzene rings is 1. The Kier molecular flexibility index (Phi) is 2.32. The van der Waals surface area contributed by atoms with Gasteiger partial charge in [-0.2, -0.15) is 0 Å². The predicted molar refractivity (Wildman–Crippen MR) is 39.8 cm³/mol. The summed E-state index contributed by atoms with van der Waals surface area (Å²) in [5, 5.41) is 20.8. The van der Waals surface area contributed by atoms with Crippen molar-refractivity contribution in [2.45, 2.75) is 6.92 Å². The van der Waals surface area contributed by atoms with Crippen molar-refractivity contribution in [2.75, 3.05) is 0 Å². The first-order chi connectivity index (χ1) is 6.02. The number of carboxylic acids is 2. The van der Waals surface area contributed by atoms with Crippen molar-refractivity contribution < 1.29 is 19.8 Å². The van der Waals surface area contributed by atoms with Crippen LogP contribution in [0, 0.1) is 6.92 Å². The van der Waals surface area contributed by atoms with Gasteiger partial charge in [0.25, 0.3) is 0 Å². The van der Waals surface area contributed by atoms with Gasteiger partial charge in [-0.15, -0.1) is 0 Å². The highest BCUT2D eigenvalue weighted by Gasteiger charge is 2.00. The number of carbonyl (C=O) groups is 2. The largest absolute Gasteiger partial charge is 0.545 e. The standard InChI is InChI=1S/C9H8O4/c1-5-4-6(8(10)11)2-3-7(5)9(12)13/h2-4H,1H3,(H,10,11)(H,12,13)/p-2. The van der Waals surface area contributed by atoms with Crippen LogP contribution in [0.3, 0.4) is 0 Å². The Hall–Kier alpha value is -1.84. The second-order valence-electron chi connectivity index (χ2n) is 2.60. The summed E-state index contributed by atoms with van der Waals surface area (Å²) < 4.78 is 0. The molecular formula is C9H6O4-2. The maximum atomic E-state index is 10.4. The molecule has 0 unspecified atom stereocenters. The van der Waals surface area contributed by atoms with Crippen molar-refractivity contribution in [2.24, 2.45) is 0 Å². The molecule has 13 heavy (non-hydrogen) atoms. The monoisotopic (exact) mass is 178 g/mol. The first-order valence-corrected chi connectivity index (χ1v) is 3.55. The van der Waals surface area contributed by atoms with E-state index in [1.165, 1.54) is 25.1 Å². The maximum absolute atomic E-state index is 10.4. The topological polar surface area (TPSA) is 80.3 Å². The normalized spacial score (nSPS) is 9.62. The Bertz CT molecular complexity index is 368. The van der Waals surface area contributed by atoms with Gasteiger partial charge in [-0.25, -0.2) is 0 Å². The molecule has 0 atom stereocenters. The summed E-state index contributed by atoms with van der Waals surface area (Å²) >= 11 is 0. The number of carboxylic acid groups (broad SMARTS) is 2. The van der Waals surface area contributed by atoms with Gasteiger partial charge in [-0.3, -0.25) is 0 Å². The summed E-state index contributed by atoms with van der Waals surface area (Å²) in [5.41, 5.74) is 0.300. The van der Waals surface area contributed by atoms with Crippen LogP contribution in [-0.4, -0.2) is 11.9 Å². The third kappa shape index (κ3) is 1.84. The minimum Gasteiger partial charge on any atom is -0.545 e. The zero-order valence-electron chi connectivity index (χ0n) is 6.87. The van der Waals surface area contributed by atoms with Gasteiger partial charge in [0.05, 0.1) is 11.9 Å². The van der Waals surface area contributed by atoms with Crippen LogP contribution in [0.2, 0.25) is 0 Å². The van der Waals surface area contributed by atoms with Gasteiger partial charge in [0.2, 0.25) is 0 Å². The Morgan fingerprint density at radius 3 is 2.15 bits per heavy atom.